The van der Waals surface area contributed by atoms with Gasteiger partial charge in [-0.3, -0.25) is 4.99 Å². The van der Waals surface area contributed by atoms with Crippen LogP contribution in [0.3, 0.4) is 0 Å². The number of aryl methyl sites for hydroxylation is 2. The van der Waals surface area contributed by atoms with E-state index in [0.29, 0.717) is 0 Å². The number of hydrogen-bond acceptors (Lipinski definition) is 3. The van der Waals surface area contributed by atoms with Gasteiger partial charge in [-0.2, -0.15) is 0 Å². The fourth-order valence-corrected chi connectivity index (χ4v) is 2.39. The Balaban J connectivity index is 0.000000460. The molecule has 0 heterocycles. The molecule has 0 atom stereocenters. The predicted octanol–water partition coefficient (Wildman–Crippen LogP) is 5.94. The molecule has 4 nitrogen and oxygen atoms in total. The lowest BCUT2D eigenvalue weighted by molar-refractivity contribution is 0.0696. The first-order valence-electron chi connectivity index (χ1n) is 9.05. The van der Waals surface area contributed by atoms with Gasteiger partial charge in [0, 0.05) is 18.3 Å². The van der Waals surface area contributed by atoms with Crippen LogP contribution in [-0.2, 0) is 6.42 Å². The standard InChI is InChI=1S/C11H15N.C10H10O3.C2H6/c1-4-10-7-5-6-8-11(10)9(2)12-3;1-6-3-4-8(7(2)11)9(5-6)10(12)13;1-2/h5-8H,4H2,1-3H3;3-5,11H,2H2,1H3,(H,12,13);1-2H3. The second kappa shape index (κ2) is 12.5. The van der Waals surface area contributed by atoms with Gasteiger partial charge in [-0.25, -0.2) is 4.79 Å². The number of aliphatic hydroxyl groups excluding tert-OH is 1. The maximum absolute atomic E-state index is 10.7. The van der Waals surface area contributed by atoms with Crippen molar-refractivity contribution in [3.05, 3.63) is 76.9 Å². The predicted molar refractivity (Wildman–Crippen MR) is 115 cm³/mol. The van der Waals surface area contributed by atoms with Crippen molar-refractivity contribution in [3.63, 3.8) is 0 Å². The molecule has 2 aromatic carbocycles. The van der Waals surface area contributed by atoms with Gasteiger partial charge in [0.1, 0.15) is 5.76 Å². The fraction of sp³-hybridized carbons (Fsp3) is 0.304. The molecule has 0 saturated heterocycles. The number of carbonyl (C=O) groups is 1. The van der Waals surface area contributed by atoms with E-state index in [9.17, 15) is 4.79 Å². The molecular formula is C23H31NO3. The summed E-state index contributed by atoms with van der Waals surface area (Å²) in [6.45, 7) is 13.3. The minimum absolute atomic E-state index is 0.0764. The molecule has 146 valence electrons. The van der Waals surface area contributed by atoms with Gasteiger partial charge < -0.3 is 10.2 Å². The lowest BCUT2D eigenvalue weighted by Gasteiger charge is -2.05. The monoisotopic (exact) mass is 369 g/mol. The van der Waals surface area contributed by atoms with Gasteiger partial charge in [-0.05, 0) is 37.5 Å². The Morgan fingerprint density at radius 2 is 1.63 bits per heavy atom. The van der Waals surface area contributed by atoms with Crippen LogP contribution >= 0.6 is 0 Å². The van der Waals surface area contributed by atoms with Gasteiger partial charge in [-0.1, -0.05) is 69.3 Å². The molecular weight excluding hydrogens is 338 g/mol. The maximum Gasteiger partial charge on any atom is 0.336 e. The highest BCUT2D eigenvalue weighted by Crippen LogP contribution is 2.17. The fourth-order valence-electron chi connectivity index (χ4n) is 2.39. The smallest absolute Gasteiger partial charge is 0.336 e. The molecule has 0 bridgehead atoms. The van der Waals surface area contributed by atoms with Gasteiger partial charge in [0.15, 0.2) is 0 Å². The third-order valence-corrected chi connectivity index (χ3v) is 3.84. The van der Waals surface area contributed by atoms with Crippen molar-refractivity contribution in [2.45, 2.75) is 41.0 Å². The first kappa shape index (κ1) is 24.1. The van der Waals surface area contributed by atoms with E-state index in [0.717, 1.165) is 17.7 Å². The average molecular weight is 370 g/mol. The van der Waals surface area contributed by atoms with Crippen molar-refractivity contribution in [1.29, 1.82) is 0 Å². The number of aliphatic imine (C=N–C) groups is 1. The van der Waals surface area contributed by atoms with Crippen LogP contribution in [0.15, 0.2) is 54.0 Å². The summed E-state index contributed by atoms with van der Waals surface area (Å²) >= 11 is 0. The number of carboxylic acid groups (broad SMARTS) is 1. The molecule has 0 fully saturated rings. The summed E-state index contributed by atoms with van der Waals surface area (Å²) in [5.74, 6) is -1.29. The van der Waals surface area contributed by atoms with E-state index < -0.39 is 5.97 Å². The van der Waals surface area contributed by atoms with E-state index in [1.54, 1.807) is 19.1 Å². The SMILES string of the molecule is C=C(O)c1ccc(C)cc1C(=O)O.CC.CCc1ccccc1C(C)=NC. The van der Waals surface area contributed by atoms with E-state index in [4.69, 9.17) is 10.2 Å². The van der Waals surface area contributed by atoms with Crippen LogP contribution in [0.4, 0.5) is 0 Å². The molecule has 4 heteroatoms. The van der Waals surface area contributed by atoms with Gasteiger partial charge in [0.05, 0.1) is 5.56 Å². The van der Waals surface area contributed by atoms with Crippen LogP contribution in [0.5, 0.6) is 0 Å². The van der Waals surface area contributed by atoms with Gasteiger partial charge >= 0.3 is 5.97 Å². The summed E-state index contributed by atoms with van der Waals surface area (Å²) in [6, 6.07) is 13.2. The topological polar surface area (TPSA) is 69.9 Å². The van der Waals surface area contributed by atoms with Crippen LogP contribution in [0.25, 0.3) is 5.76 Å². The molecule has 0 amide bonds. The Hall–Kier alpha value is -2.88. The Morgan fingerprint density at radius 1 is 1.04 bits per heavy atom. The van der Waals surface area contributed by atoms with E-state index in [1.165, 1.54) is 17.2 Å². The second-order valence-electron chi connectivity index (χ2n) is 5.62. The van der Waals surface area contributed by atoms with Crippen molar-refractivity contribution in [2.24, 2.45) is 4.99 Å². The Morgan fingerprint density at radius 3 is 2.11 bits per heavy atom. The summed E-state index contributed by atoms with van der Waals surface area (Å²) in [7, 11) is 1.84. The molecule has 0 radical (unpaired) electrons. The Bertz CT molecular complexity index is 792. The number of rotatable bonds is 4. The van der Waals surface area contributed by atoms with E-state index in [1.807, 2.05) is 20.9 Å². The number of benzene rings is 2. The molecule has 2 aromatic rings. The van der Waals surface area contributed by atoms with Crippen molar-refractivity contribution in [2.75, 3.05) is 7.05 Å². The molecule has 0 spiro atoms. The van der Waals surface area contributed by atoms with Crippen LogP contribution in [0, 0.1) is 6.92 Å². The molecule has 0 aliphatic carbocycles. The van der Waals surface area contributed by atoms with Gasteiger partial charge in [0.2, 0.25) is 0 Å². The van der Waals surface area contributed by atoms with Crippen molar-refractivity contribution in [3.8, 4) is 0 Å². The van der Waals surface area contributed by atoms with Gasteiger partial charge in [0.25, 0.3) is 0 Å². The number of hydrogen-bond donors (Lipinski definition) is 2. The molecule has 0 aromatic heterocycles. The zero-order valence-corrected chi connectivity index (χ0v) is 17.2. The van der Waals surface area contributed by atoms with Crippen LogP contribution in [0.1, 0.15) is 60.3 Å². The Labute approximate surface area is 162 Å². The number of nitrogens with zero attached hydrogens (tertiary/aromatic N) is 1. The summed E-state index contributed by atoms with van der Waals surface area (Å²) in [5.41, 5.74) is 4.95. The summed E-state index contributed by atoms with van der Waals surface area (Å²) in [4.78, 5) is 14.9. The second-order valence-corrected chi connectivity index (χ2v) is 5.62. The lowest BCUT2D eigenvalue weighted by atomic mass is 10.0. The summed E-state index contributed by atoms with van der Waals surface area (Å²) in [6.07, 6.45) is 1.07. The third-order valence-electron chi connectivity index (χ3n) is 3.84. The maximum atomic E-state index is 10.7. The molecule has 0 saturated carbocycles. The number of carboxylic acids is 1. The van der Waals surface area contributed by atoms with Crippen molar-refractivity contribution >= 4 is 17.4 Å². The molecule has 0 unspecified atom stereocenters. The number of aliphatic hydroxyl groups is 1. The normalized spacial score (nSPS) is 10.1. The quantitative estimate of drug-likeness (QED) is 0.518. The zero-order valence-electron chi connectivity index (χ0n) is 17.2. The molecule has 0 aliphatic rings. The minimum atomic E-state index is -1.06. The third kappa shape index (κ3) is 7.48. The van der Waals surface area contributed by atoms with Crippen LogP contribution in [0.2, 0.25) is 0 Å². The first-order chi connectivity index (χ1) is 12.8. The van der Waals surface area contributed by atoms with E-state index >= 15 is 0 Å². The average Bonchev–Trinajstić information content (AvgIpc) is 2.69. The van der Waals surface area contributed by atoms with Gasteiger partial charge in [-0.15, -0.1) is 0 Å². The Kier molecular flexibility index (Phi) is 11.1. The van der Waals surface area contributed by atoms with E-state index in [2.05, 4.69) is 49.7 Å². The molecule has 2 rings (SSSR count). The van der Waals surface area contributed by atoms with Crippen molar-refractivity contribution in [1.82, 2.24) is 0 Å². The first-order valence-corrected chi connectivity index (χ1v) is 9.05. The molecule has 2 N–H and O–H groups in total. The highest BCUT2D eigenvalue weighted by molar-refractivity contribution is 5.99. The largest absolute Gasteiger partial charge is 0.508 e. The van der Waals surface area contributed by atoms with Crippen LogP contribution in [-0.4, -0.2) is 28.9 Å². The zero-order chi connectivity index (χ0) is 21.0. The lowest BCUT2D eigenvalue weighted by Crippen LogP contribution is -2.01. The van der Waals surface area contributed by atoms with E-state index in [-0.39, 0.29) is 16.9 Å². The highest BCUT2D eigenvalue weighted by atomic mass is 16.4. The molecule has 0 aliphatic heterocycles. The highest BCUT2D eigenvalue weighted by Gasteiger charge is 2.11. The van der Waals surface area contributed by atoms with Crippen molar-refractivity contribution < 1.29 is 15.0 Å². The summed E-state index contributed by atoms with van der Waals surface area (Å²) in [5, 5.41) is 17.9. The summed E-state index contributed by atoms with van der Waals surface area (Å²) < 4.78 is 0. The van der Waals surface area contributed by atoms with Crippen LogP contribution < -0.4 is 0 Å². The molecule has 27 heavy (non-hydrogen) atoms. The minimum Gasteiger partial charge on any atom is -0.508 e. The number of aromatic carboxylic acids is 1.